The van der Waals surface area contributed by atoms with E-state index in [1.807, 2.05) is 13.8 Å². The molecule has 2 heterocycles. The molecule has 2 amide bonds. The zero-order valence-electron chi connectivity index (χ0n) is 12.5. The third-order valence-corrected chi connectivity index (χ3v) is 3.69. The Morgan fingerprint density at radius 2 is 2.10 bits per heavy atom. The van der Waals surface area contributed by atoms with Gasteiger partial charge in [-0.1, -0.05) is 13.8 Å². The number of aromatic nitrogens is 2. The lowest BCUT2D eigenvalue weighted by atomic mass is 10.0. The van der Waals surface area contributed by atoms with Crippen molar-refractivity contribution >= 4 is 12.0 Å². The number of carbonyl (C=O) groups excluding carboxylic acids is 1. The molecule has 1 aromatic heterocycles. The average Bonchev–Trinajstić information content (AvgIpc) is 2.92. The fourth-order valence-electron chi connectivity index (χ4n) is 2.68. The first-order chi connectivity index (χ1) is 10.1. The van der Waals surface area contributed by atoms with E-state index in [1.54, 1.807) is 11.2 Å². The minimum absolute atomic E-state index is 0.202. The zero-order valence-corrected chi connectivity index (χ0v) is 12.5. The average molecular weight is 294 g/mol. The number of hydrogen-bond acceptors (Lipinski definition) is 3. The van der Waals surface area contributed by atoms with Crippen molar-refractivity contribution in [3.8, 4) is 0 Å². The minimum Gasteiger partial charge on any atom is -0.480 e. The molecule has 0 spiro atoms. The zero-order chi connectivity index (χ0) is 15.4. The van der Waals surface area contributed by atoms with Crippen LogP contribution in [-0.2, 0) is 17.8 Å². The van der Waals surface area contributed by atoms with Crippen molar-refractivity contribution in [3.05, 3.63) is 17.7 Å². The number of carboxylic acids is 1. The molecule has 1 aromatic rings. The van der Waals surface area contributed by atoms with Crippen LogP contribution >= 0.6 is 0 Å². The van der Waals surface area contributed by atoms with Crippen molar-refractivity contribution < 1.29 is 14.7 Å². The molecule has 7 heteroatoms. The van der Waals surface area contributed by atoms with E-state index in [0.717, 1.165) is 24.2 Å². The SMILES string of the molecule is CCCN(CCC)C(=O)N1Cc2[nH]cnc2CC1C(=O)O. The fourth-order valence-corrected chi connectivity index (χ4v) is 2.68. The van der Waals surface area contributed by atoms with Crippen molar-refractivity contribution in [1.82, 2.24) is 19.8 Å². The second kappa shape index (κ2) is 6.60. The summed E-state index contributed by atoms with van der Waals surface area (Å²) in [4.78, 5) is 34.5. The molecule has 0 aliphatic carbocycles. The lowest BCUT2D eigenvalue weighted by Gasteiger charge is -2.36. The highest BCUT2D eigenvalue weighted by atomic mass is 16.4. The number of nitrogens with one attached hydrogen (secondary N) is 1. The maximum Gasteiger partial charge on any atom is 0.326 e. The van der Waals surface area contributed by atoms with Crippen molar-refractivity contribution in [2.24, 2.45) is 0 Å². The van der Waals surface area contributed by atoms with Crippen LogP contribution in [0.25, 0.3) is 0 Å². The predicted molar refractivity (Wildman–Crippen MR) is 76.8 cm³/mol. The molecule has 1 unspecified atom stereocenters. The maximum absolute atomic E-state index is 12.7. The second-order valence-electron chi connectivity index (χ2n) is 5.28. The molecule has 2 rings (SSSR count). The molecule has 2 N–H and O–H groups in total. The summed E-state index contributed by atoms with van der Waals surface area (Å²) in [5, 5.41) is 9.41. The molecule has 116 valence electrons. The number of H-pyrrole nitrogens is 1. The number of amides is 2. The Morgan fingerprint density at radius 1 is 1.43 bits per heavy atom. The van der Waals surface area contributed by atoms with Crippen LogP contribution in [-0.4, -0.2) is 56.0 Å². The minimum atomic E-state index is -0.982. The molecule has 7 nitrogen and oxygen atoms in total. The second-order valence-corrected chi connectivity index (χ2v) is 5.28. The monoisotopic (exact) mass is 294 g/mol. The lowest BCUT2D eigenvalue weighted by Crippen LogP contribution is -2.53. The van der Waals surface area contributed by atoms with E-state index < -0.39 is 12.0 Å². The van der Waals surface area contributed by atoms with E-state index in [2.05, 4.69) is 9.97 Å². The molecule has 0 saturated carbocycles. The summed E-state index contributed by atoms with van der Waals surface area (Å²) in [6.07, 6.45) is 3.51. The number of urea groups is 1. The van der Waals surface area contributed by atoms with Gasteiger partial charge in [0.25, 0.3) is 0 Å². The number of imidazole rings is 1. The number of aromatic amines is 1. The van der Waals surface area contributed by atoms with E-state index in [-0.39, 0.29) is 19.0 Å². The van der Waals surface area contributed by atoms with Crippen molar-refractivity contribution in [2.75, 3.05) is 13.1 Å². The molecule has 0 radical (unpaired) electrons. The highest BCUT2D eigenvalue weighted by molar-refractivity contribution is 5.83. The Labute approximate surface area is 124 Å². The third-order valence-electron chi connectivity index (χ3n) is 3.69. The Balaban J connectivity index is 2.22. The van der Waals surface area contributed by atoms with Gasteiger partial charge >= 0.3 is 12.0 Å². The van der Waals surface area contributed by atoms with Gasteiger partial charge in [0.2, 0.25) is 0 Å². The molecule has 21 heavy (non-hydrogen) atoms. The summed E-state index contributed by atoms with van der Waals surface area (Å²) in [5.41, 5.74) is 1.57. The Bertz CT molecular complexity index is 508. The Kier molecular flexibility index (Phi) is 4.82. The highest BCUT2D eigenvalue weighted by Gasteiger charge is 2.37. The molecule has 0 bridgehead atoms. The number of carbonyl (C=O) groups is 2. The number of aliphatic carboxylic acids is 1. The molecule has 1 atom stereocenters. The number of hydrogen-bond donors (Lipinski definition) is 2. The van der Waals surface area contributed by atoms with Crippen molar-refractivity contribution in [1.29, 1.82) is 0 Å². The summed E-state index contributed by atoms with van der Waals surface area (Å²) in [6, 6.07) is -1.05. The maximum atomic E-state index is 12.7. The summed E-state index contributed by atoms with van der Waals surface area (Å²) in [7, 11) is 0. The first kappa shape index (κ1) is 15.3. The molecule has 0 fully saturated rings. The largest absolute Gasteiger partial charge is 0.480 e. The Hall–Kier alpha value is -2.05. The first-order valence-corrected chi connectivity index (χ1v) is 7.37. The number of nitrogens with zero attached hydrogens (tertiary/aromatic N) is 3. The van der Waals surface area contributed by atoms with Gasteiger partial charge in [-0.2, -0.15) is 0 Å². The molecular formula is C14H22N4O3. The van der Waals surface area contributed by atoms with E-state index in [9.17, 15) is 14.7 Å². The van der Waals surface area contributed by atoms with E-state index in [1.165, 1.54) is 4.90 Å². The van der Waals surface area contributed by atoms with Crippen LogP contribution in [0, 0.1) is 0 Å². The normalized spacial score (nSPS) is 17.4. The molecular weight excluding hydrogens is 272 g/mol. The summed E-state index contributed by atoms with van der Waals surface area (Å²) in [5.74, 6) is -0.982. The fraction of sp³-hybridized carbons (Fsp3) is 0.643. The van der Waals surface area contributed by atoms with Crippen LogP contribution in [0.5, 0.6) is 0 Å². The molecule has 0 saturated heterocycles. The van der Waals surface area contributed by atoms with Gasteiger partial charge in [0.05, 0.1) is 24.3 Å². The van der Waals surface area contributed by atoms with Crippen LogP contribution in [0.15, 0.2) is 6.33 Å². The number of fused-ring (bicyclic) bond motifs is 1. The number of carboxylic acid groups (broad SMARTS) is 1. The van der Waals surface area contributed by atoms with Gasteiger partial charge in [-0.3, -0.25) is 0 Å². The van der Waals surface area contributed by atoms with E-state index >= 15 is 0 Å². The van der Waals surface area contributed by atoms with Gasteiger partial charge in [0.15, 0.2) is 0 Å². The quantitative estimate of drug-likeness (QED) is 0.860. The van der Waals surface area contributed by atoms with Gasteiger partial charge in [-0.05, 0) is 12.8 Å². The molecule has 1 aliphatic rings. The van der Waals surface area contributed by atoms with Crippen LogP contribution in [0.2, 0.25) is 0 Å². The van der Waals surface area contributed by atoms with Gasteiger partial charge in [-0.25, -0.2) is 14.6 Å². The molecule has 1 aliphatic heterocycles. The van der Waals surface area contributed by atoms with Gasteiger partial charge < -0.3 is 19.9 Å². The van der Waals surface area contributed by atoms with E-state index in [0.29, 0.717) is 13.1 Å². The van der Waals surface area contributed by atoms with Gasteiger partial charge in [-0.15, -0.1) is 0 Å². The Morgan fingerprint density at radius 3 is 2.67 bits per heavy atom. The third kappa shape index (κ3) is 3.17. The number of rotatable bonds is 5. The standard InChI is InChI=1S/C14H22N4O3/c1-3-5-17(6-4-2)14(21)18-8-11-10(15-9-16-11)7-12(18)13(19)20/h9,12H,3-8H2,1-2H3,(H,15,16)(H,19,20). The molecule has 0 aromatic carbocycles. The lowest BCUT2D eigenvalue weighted by molar-refractivity contribution is -0.143. The van der Waals surface area contributed by atoms with Gasteiger partial charge in [0, 0.05) is 19.5 Å². The summed E-state index contributed by atoms with van der Waals surface area (Å²) < 4.78 is 0. The highest BCUT2D eigenvalue weighted by Crippen LogP contribution is 2.22. The van der Waals surface area contributed by atoms with Gasteiger partial charge in [0.1, 0.15) is 6.04 Å². The van der Waals surface area contributed by atoms with E-state index in [4.69, 9.17) is 0 Å². The van der Waals surface area contributed by atoms with Crippen LogP contribution in [0.1, 0.15) is 38.1 Å². The van der Waals surface area contributed by atoms with Crippen LogP contribution in [0.3, 0.4) is 0 Å². The first-order valence-electron chi connectivity index (χ1n) is 7.37. The smallest absolute Gasteiger partial charge is 0.326 e. The van der Waals surface area contributed by atoms with Crippen LogP contribution in [0.4, 0.5) is 4.79 Å². The summed E-state index contributed by atoms with van der Waals surface area (Å²) >= 11 is 0. The van der Waals surface area contributed by atoms with Crippen LogP contribution < -0.4 is 0 Å². The van der Waals surface area contributed by atoms with Crippen molar-refractivity contribution in [3.63, 3.8) is 0 Å². The topological polar surface area (TPSA) is 89.5 Å². The summed E-state index contributed by atoms with van der Waals surface area (Å²) in [6.45, 7) is 5.58. The predicted octanol–water partition coefficient (Wildman–Crippen LogP) is 1.46. The van der Waals surface area contributed by atoms with Crippen molar-refractivity contribution in [2.45, 2.75) is 45.7 Å².